The van der Waals surface area contributed by atoms with Gasteiger partial charge in [0.05, 0.1) is 17.2 Å². The summed E-state index contributed by atoms with van der Waals surface area (Å²) in [5, 5.41) is 14.1. The van der Waals surface area contributed by atoms with Crippen molar-refractivity contribution in [3.63, 3.8) is 0 Å². The molecule has 1 aliphatic heterocycles. The Bertz CT molecular complexity index is 850. The number of benzene rings is 2. The van der Waals surface area contributed by atoms with E-state index in [0.29, 0.717) is 38.1 Å². The number of alkyl halides is 6. The molecule has 1 fully saturated rings. The molecule has 0 bridgehead atoms. The van der Waals surface area contributed by atoms with Gasteiger partial charge in [-0.15, -0.1) is 0 Å². The number of aliphatic hydroxyl groups is 1. The molecule has 2 nitrogen and oxygen atoms in total. The van der Waals surface area contributed by atoms with Crippen LogP contribution in [0.2, 0.25) is 0 Å². The zero-order valence-corrected chi connectivity index (χ0v) is 15.9. The molecule has 0 radical (unpaired) electrons. The maximum atomic E-state index is 13.1. The molecule has 8 heteroatoms. The third-order valence-corrected chi connectivity index (χ3v) is 5.49. The molecule has 0 amide bonds. The Morgan fingerprint density at radius 3 is 1.90 bits per heavy atom. The second-order valence-electron chi connectivity index (χ2n) is 7.42. The van der Waals surface area contributed by atoms with Crippen LogP contribution < -0.4 is 5.32 Å². The van der Waals surface area contributed by atoms with Crippen molar-refractivity contribution < 1.29 is 31.4 Å². The number of nitrogens with one attached hydrogen (secondary N) is 1. The van der Waals surface area contributed by atoms with E-state index in [2.05, 4.69) is 5.32 Å². The van der Waals surface area contributed by atoms with Crippen LogP contribution in [-0.2, 0) is 17.8 Å². The minimum absolute atomic E-state index is 0.0893. The molecular weight excluding hydrogens is 408 g/mol. The van der Waals surface area contributed by atoms with Gasteiger partial charge in [0.15, 0.2) is 0 Å². The molecule has 0 aromatic heterocycles. The molecule has 1 heterocycles. The summed E-state index contributed by atoms with van der Waals surface area (Å²) < 4.78 is 78.4. The second kappa shape index (κ2) is 8.43. The normalized spacial score (nSPS) is 18.5. The minimum Gasteiger partial charge on any atom is -0.388 e. The van der Waals surface area contributed by atoms with Crippen LogP contribution in [-0.4, -0.2) is 24.3 Å². The standard InChI is InChI=1S/C22H21F6NO/c23-21(24,25)17-12-15(13-18(14-17)22(26,27)28)6-7-19(30)20(8-10-29-11-9-20)16-4-2-1-3-5-16/h1-7,12-14,19,29-30H,8-11H2/b7-6+. The van der Waals surface area contributed by atoms with Gasteiger partial charge >= 0.3 is 12.4 Å². The van der Waals surface area contributed by atoms with Crippen LogP contribution in [0.15, 0.2) is 54.6 Å². The summed E-state index contributed by atoms with van der Waals surface area (Å²) in [6.07, 6.45) is -7.33. The average molecular weight is 429 g/mol. The highest BCUT2D eigenvalue weighted by Gasteiger charge is 2.40. The van der Waals surface area contributed by atoms with Crippen molar-refractivity contribution in [1.82, 2.24) is 5.32 Å². The zero-order chi connectivity index (χ0) is 22.0. The third kappa shape index (κ3) is 4.87. The van der Waals surface area contributed by atoms with Gasteiger partial charge in [0.1, 0.15) is 0 Å². The van der Waals surface area contributed by atoms with Gasteiger partial charge in [-0.25, -0.2) is 0 Å². The van der Waals surface area contributed by atoms with Gasteiger partial charge < -0.3 is 10.4 Å². The Labute approximate surface area is 170 Å². The molecule has 2 N–H and O–H groups in total. The van der Waals surface area contributed by atoms with Crippen LogP contribution in [0.4, 0.5) is 26.3 Å². The summed E-state index contributed by atoms with van der Waals surface area (Å²) in [5.74, 6) is 0. The van der Waals surface area contributed by atoms with Gasteiger partial charge in [-0.2, -0.15) is 26.3 Å². The molecule has 3 rings (SSSR count). The Morgan fingerprint density at radius 2 is 1.40 bits per heavy atom. The summed E-state index contributed by atoms with van der Waals surface area (Å²) in [7, 11) is 0. The average Bonchev–Trinajstić information content (AvgIpc) is 2.71. The van der Waals surface area contributed by atoms with Crippen molar-refractivity contribution in [2.24, 2.45) is 0 Å². The van der Waals surface area contributed by atoms with Crippen LogP contribution in [0, 0.1) is 0 Å². The van der Waals surface area contributed by atoms with Gasteiger partial charge in [0.2, 0.25) is 0 Å². The predicted octanol–water partition coefficient (Wildman–Crippen LogP) is 5.42. The highest BCUT2D eigenvalue weighted by Crippen LogP contribution is 2.39. The Kier molecular flexibility index (Phi) is 6.29. The molecule has 162 valence electrons. The second-order valence-corrected chi connectivity index (χ2v) is 7.42. The summed E-state index contributed by atoms with van der Waals surface area (Å²) in [6, 6.07) is 10.6. The molecule has 1 aliphatic rings. The number of rotatable bonds is 4. The van der Waals surface area contributed by atoms with E-state index in [1.165, 1.54) is 6.08 Å². The van der Waals surface area contributed by atoms with Crippen LogP contribution in [0.5, 0.6) is 0 Å². The van der Waals surface area contributed by atoms with Gasteiger partial charge in [-0.05, 0) is 55.3 Å². The molecular formula is C22H21F6NO. The fraction of sp³-hybridized carbons (Fsp3) is 0.364. The first kappa shape index (κ1) is 22.4. The number of hydrogen-bond donors (Lipinski definition) is 2. The van der Waals surface area contributed by atoms with E-state index in [1.54, 1.807) is 0 Å². The molecule has 2 aromatic carbocycles. The highest BCUT2D eigenvalue weighted by atomic mass is 19.4. The third-order valence-electron chi connectivity index (χ3n) is 5.49. The zero-order valence-electron chi connectivity index (χ0n) is 15.9. The Morgan fingerprint density at radius 1 is 0.867 bits per heavy atom. The summed E-state index contributed by atoms with van der Waals surface area (Å²) in [4.78, 5) is 0. The highest BCUT2D eigenvalue weighted by molar-refractivity contribution is 5.54. The lowest BCUT2D eigenvalue weighted by molar-refractivity contribution is -0.143. The van der Waals surface area contributed by atoms with Gasteiger partial charge in [0.25, 0.3) is 0 Å². The molecule has 30 heavy (non-hydrogen) atoms. The van der Waals surface area contributed by atoms with Crippen molar-refractivity contribution in [3.8, 4) is 0 Å². The first-order valence-electron chi connectivity index (χ1n) is 9.44. The minimum atomic E-state index is -4.91. The first-order valence-corrected chi connectivity index (χ1v) is 9.44. The van der Waals surface area contributed by atoms with Crippen LogP contribution in [0.3, 0.4) is 0 Å². The van der Waals surface area contributed by atoms with Crippen LogP contribution >= 0.6 is 0 Å². The largest absolute Gasteiger partial charge is 0.416 e. The molecule has 1 unspecified atom stereocenters. The SMILES string of the molecule is OC(/C=C/c1cc(C(F)(F)F)cc(C(F)(F)F)c1)C1(c2ccccc2)CCNCC1. The lowest BCUT2D eigenvalue weighted by Crippen LogP contribution is -2.47. The molecule has 1 atom stereocenters. The number of halogens is 6. The van der Waals surface area contributed by atoms with Crippen molar-refractivity contribution >= 4 is 6.08 Å². The fourth-order valence-corrected chi connectivity index (χ4v) is 3.86. The van der Waals surface area contributed by atoms with E-state index >= 15 is 0 Å². The number of hydrogen-bond acceptors (Lipinski definition) is 2. The van der Waals surface area contributed by atoms with E-state index in [9.17, 15) is 31.4 Å². The van der Waals surface area contributed by atoms with Crippen LogP contribution in [0.1, 0.15) is 35.1 Å². The van der Waals surface area contributed by atoms with E-state index in [1.807, 2.05) is 30.3 Å². The summed E-state index contributed by atoms with van der Waals surface area (Å²) in [5.41, 5.74) is -2.83. The molecule has 0 spiro atoms. The summed E-state index contributed by atoms with van der Waals surface area (Å²) in [6.45, 7) is 1.28. The maximum Gasteiger partial charge on any atom is 0.416 e. The lowest BCUT2D eigenvalue weighted by atomic mass is 9.69. The van der Waals surface area contributed by atoms with Gasteiger partial charge in [-0.3, -0.25) is 0 Å². The van der Waals surface area contributed by atoms with Crippen LogP contribution in [0.25, 0.3) is 6.08 Å². The monoisotopic (exact) mass is 429 g/mol. The molecule has 1 saturated heterocycles. The predicted molar refractivity (Wildman–Crippen MR) is 102 cm³/mol. The maximum absolute atomic E-state index is 13.1. The van der Waals surface area contributed by atoms with Gasteiger partial charge in [0, 0.05) is 5.41 Å². The number of piperidine rings is 1. The smallest absolute Gasteiger partial charge is 0.388 e. The number of aliphatic hydroxyl groups excluding tert-OH is 1. The molecule has 0 aliphatic carbocycles. The van der Waals surface area contributed by atoms with E-state index in [0.717, 1.165) is 11.6 Å². The van der Waals surface area contributed by atoms with Gasteiger partial charge in [-0.1, -0.05) is 42.5 Å². The first-order chi connectivity index (χ1) is 14.0. The topological polar surface area (TPSA) is 32.3 Å². The van der Waals surface area contributed by atoms with Crippen molar-refractivity contribution in [2.45, 2.75) is 36.7 Å². The Balaban J connectivity index is 1.97. The van der Waals surface area contributed by atoms with Crippen molar-refractivity contribution in [3.05, 3.63) is 76.9 Å². The quantitative estimate of drug-likeness (QED) is 0.637. The molecule has 2 aromatic rings. The lowest BCUT2D eigenvalue weighted by Gasteiger charge is -2.41. The van der Waals surface area contributed by atoms with E-state index in [4.69, 9.17) is 0 Å². The Hall–Kier alpha value is -2.32. The van der Waals surface area contributed by atoms with E-state index < -0.39 is 35.0 Å². The van der Waals surface area contributed by atoms with Crippen molar-refractivity contribution in [2.75, 3.05) is 13.1 Å². The fourth-order valence-electron chi connectivity index (χ4n) is 3.86. The molecule has 0 saturated carbocycles. The van der Waals surface area contributed by atoms with Crippen molar-refractivity contribution in [1.29, 1.82) is 0 Å². The van der Waals surface area contributed by atoms with E-state index in [-0.39, 0.29) is 11.6 Å². The summed E-state index contributed by atoms with van der Waals surface area (Å²) >= 11 is 0.